The van der Waals surface area contributed by atoms with Crippen LogP contribution in [0, 0.1) is 0 Å². The summed E-state index contributed by atoms with van der Waals surface area (Å²) in [6, 6.07) is 10.5. The van der Waals surface area contributed by atoms with Crippen LogP contribution in [0.25, 0.3) is 16.9 Å². The number of nitrogens with two attached hydrogens (primary N) is 1. The summed E-state index contributed by atoms with van der Waals surface area (Å²) in [7, 11) is 0. The minimum absolute atomic E-state index is 0.149. The summed E-state index contributed by atoms with van der Waals surface area (Å²) < 4.78 is 3.97. The third kappa shape index (κ3) is 3.91. The molecule has 9 heteroatoms. The molecule has 1 aliphatic rings. The third-order valence-electron chi connectivity index (χ3n) is 5.90. The number of fused-ring (bicyclic) bond motifs is 1. The second kappa shape index (κ2) is 8.58. The zero-order chi connectivity index (χ0) is 22.1. The van der Waals surface area contributed by atoms with E-state index in [4.69, 9.17) is 15.7 Å². The Bertz CT molecular complexity index is 1200. The van der Waals surface area contributed by atoms with E-state index in [1.165, 1.54) is 0 Å². The van der Waals surface area contributed by atoms with Gasteiger partial charge < -0.3 is 20.5 Å². The zero-order valence-electron chi connectivity index (χ0n) is 18.5. The van der Waals surface area contributed by atoms with Crippen molar-refractivity contribution in [3.8, 4) is 5.69 Å². The van der Waals surface area contributed by atoms with Crippen LogP contribution in [0.5, 0.6) is 0 Å². The van der Waals surface area contributed by atoms with E-state index in [1.807, 2.05) is 35.4 Å². The van der Waals surface area contributed by atoms with Crippen LogP contribution in [0.15, 0.2) is 49.1 Å². The molecule has 0 amide bonds. The highest BCUT2D eigenvalue weighted by Crippen LogP contribution is 2.27. The molecule has 4 aromatic rings. The van der Waals surface area contributed by atoms with Gasteiger partial charge in [0.15, 0.2) is 17.0 Å². The summed E-state index contributed by atoms with van der Waals surface area (Å²) in [6.07, 6.45) is 7.67. The molecular formula is C23H29N9. The Hall–Kier alpha value is -3.46. The molecule has 166 valence electrons. The fourth-order valence-electron chi connectivity index (χ4n) is 4.21. The van der Waals surface area contributed by atoms with Crippen LogP contribution >= 0.6 is 0 Å². The normalized spacial score (nSPS) is 16.8. The van der Waals surface area contributed by atoms with Crippen molar-refractivity contribution in [1.82, 2.24) is 29.3 Å². The number of piperidine rings is 1. The van der Waals surface area contributed by atoms with Gasteiger partial charge in [-0.25, -0.2) is 9.67 Å². The number of hydrogen-bond acceptors (Lipinski definition) is 7. The largest absolute Gasteiger partial charge is 0.364 e. The Morgan fingerprint density at radius 2 is 2.06 bits per heavy atom. The van der Waals surface area contributed by atoms with Crippen LogP contribution in [0.1, 0.15) is 38.3 Å². The number of anilines is 2. The Balaban J connectivity index is 1.51. The van der Waals surface area contributed by atoms with Crippen LogP contribution in [-0.4, -0.2) is 48.4 Å². The number of hydrogen-bond donors (Lipinski definition) is 2. The highest BCUT2D eigenvalue weighted by atomic mass is 15.3. The van der Waals surface area contributed by atoms with Gasteiger partial charge in [0.05, 0.1) is 12.0 Å². The van der Waals surface area contributed by atoms with Gasteiger partial charge >= 0.3 is 0 Å². The lowest BCUT2D eigenvalue weighted by Gasteiger charge is -2.31. The number of benzene rings is 1. The molecule has 0 radical (unpaired) electrons. The molecule has 1 unspecified atom stereocenters. The van der Waals surface area contributed by atoms with Crippen LogP contribution in [0.2, 0.25) is 0 Å². The van der Waals surface area contributed by atoms with E-state index in [9.17, 15) is 0 Å². The molecule has 32 heavy (non-hydrogen) atoms. The number of rotatable bonds is 6. The number of para-hydroxylation sites is 1. The van der Waals surface area contributed by atoms with E-state index in [2.05, 4.69) is 50.8 Å². The van der Waals surface area contributed by atoms with Crippen LogP contribution in [0.4, 0.5) is 11.8 Å². The lowest BCUT2D eigenvalue weighted by atomic mass is 10.1. The second-order valence-corrected chi connectivity index (χ2v) is 8.57. The molecular weight excluding hydrogens is 402 g/mol. The van der Waals surface area contributed by atoms with E-state index in [1.54, 1.807) is 6.20 Å². The van der Waals surface area contributed by atoms with Crippen molar-refractivity contribution >= 4 is 22.9 Å². The fraction of sp³-hybridized carbons (Fsp3) is 0.391. The molecule has 1 fully saturated rings. The second-order valence-electron chi connectivity index (χ2n) is 8.57. The van der Waals surface area contributed by atoms with Crippen LogP contribution in [-0.2, 0) is 6.54 Å². The van der Waals surface area contributed by atoms with E-state index in [0.717, 1.165) is 54.2 Å². The van der Waals surface area contributed by atoms with E-state index in [-0.39, 0.29) is 12.1 Å². The van der Waals surface area contributed by atoms with Crippen molar-refractivity contribution < 1.29 is 0 Å². The lowest BCUT2D eigenvalue weighted by molar-refractivity contribution is 0.500. The van der Waals surface area contributed by atoms with Crippen molar-refractivity contribution in [3.05, 3.63) is 54.6 Å². The molecule has 1 aliphatic heterocycles. The Morgan fingerprint density at radius 3 is 2.84 bits per heavy atom. The summed E-state index contributed by atoms with van der Waals surface area (Å²) in [5.41, 5.74) is 10.00. The number of aromatic nitrogens is 6. The predicted octanol–water partition coefficient (Wildman–Crippen LogP) is 3.13. The highest BCUT2D eigenvalue weighted by Gasteiger charge is 2.22. The van der Waals surface area contributed by atoms with E-state index < -0.39 is 0 Å². The van der Waals surface area contributed by atoms with Gasteiger partial charge in [-0.2, -0.15) is 15.1 Å². The number of imidazole rings is 1. The summed E-state index contributed by atoms with van der Waals surface area (Å²) in [5.74, 6) is 1.44. The molecule has 0 spiro atoms. The van der Waals surface area contributed by atoms with E-state index in [0.29, 0.717) is 12.5 Å². The molecule has 9 nitrogen and oxygen atoms in total. The quantitative estimate of drug-likeness (QED) is 0.483. The molecule has 0 bridgehead atoms. The summed E-state index contributed by atoms with van der Waals surface area (Å²) >= 11 is 0. The van der Waals surface area contributed by atoms with Crippen LogP contribution < -0.4 is 16.0 Å². The van der Waals surface area contributed by atoms with Gasteiger partial charge in [-0.3, -0.25) is 0 Å². The Kier molecular flexibility index (Phi) is 5.48. The molecule has 0 aliphatic carbocycles. The monoisotopic (exact) mass is 431 g/mol. The first-order chi connectivity index (χ1) is 15.6. The van der Waals surface area contributed by atoms with Gasteiger partial charge in [0, 0.05) is 44.1 Å². The summed E-state index contributed by atoms with van der Waals surface area (Å²) in [5, 5.41) is 7.91. The SMILES string of the molecule is CC(C)n1cnc2c(NCc3ccccc3-n3cccn3)nc(N3CCCC(N)C3)nc21. The van der Waals surface area contributed by atoms with Crippen molar-refractivity contribution in [2.24, 2.45) is 5.73 Å². The zero-order valence-corrected chi connectivity index (χ0v) is 18.5. The molecule has 0 saturated carbocycles. The average molecular weight is 432 g/mol. The van der Waals surface area contributed by atoms with Gasteiger partial charge in [0.2, 0.25) is 5.95 Å². The van der Waals surface area contributed by atoms with Crippen molar-refractivity contribution in [1.29, 1.82) is 0 Å². The molecule has 5 rings (SSSR count). The van der Waals surface area contributed by atoms with Gasteiger partial charge in [0.1, 0.15) is 0 Å². The maximum absolute atomic E-state index is 6.23. The Labute approximate surface area is 187 Å². The first-order valence-electron chi connectivity index (χ1n) is 11.2. The molecule has 3 aromatic heterocycles. The maximum Gasteiger partial charge on any atom is 0.229 e. The van der Waals surface area contributed by atoms with Gasteiger partial charge in [-0.15, -0.1) is 0 Å². The average Bonchev–Trinajstić information content (AvgIpc) is 3.48. The molecule has 4 heterocycles. The predicted molar refractivity (Wildman–Crippen MR) is 126 cm³/mol. The minimum atomic E-state index is 0.149. The Morgan fingerprint density at radius 1 is 1.19 bits per heavy atom. The summed E-state index contributed by atoms with van der Waals surface area (Å²) in [4.78, 5) is 16.6. The smallest absolute Gasteiger partial charge is 0.229 e. The topological polar surface area (TPSA) is 103 Å². The molecule has 1 atom stereocenters. The van der Waals surface area contributed by atoms with Gasteiger partial charge in [0.25, 0.3) is 0 Å². The number of nitrogens with zero attached hydrogens (tertiary/aromatic N) is 7. The fourth-order valence-corrected chi connectivity index (χ4v) is 4.21. The first kappa shape index (κ1) is 20.4. The van der Waals surface area contributed by atoms with Crippen LogP contribution in [0.3, 0.4) is 0 Å². The van der Waals surface area contributed by atoms with Gasteiger partial charge in [-0.1, -0.05) is 18.2 Å². The molecule has 3 N–H and O–H groups in total. The maximum atomic E-state index is 6.23. The van der Waals surface area contributed by atoms with Crippen molar-refractivity contribution in [3.63, 3.8) is 0 Å². The van der Waals surface area contributed by atoms with E-state index >= 15 is 0 Å². The summed E-state index contributed by atoms with van der Waals surface area (Å²) in [6.45, 7) is 6.54. The van der Waals surface area contributed by atoms with Crippen molar-refractivity contribution in [2.45, 2.75) is 45.3 Å². The first-order valence-corrected chi connectivity index (χ1v) is 11.2. The van der Waals surface area contributed by atoms with Gasteiger partial charge in [-0.05, 0) is 44.4 Å². The number of nitrogens with one attached hydrogen (secondary N) is 1. The molecule has 1 saturated heterocycles. The highest BCUT2D eigenvalue weighted by molar-refractivity contribution is 5.84. The third-order valence-corrected chi connectivity index (χ3v) is 5.90. The lowest BCUT2D eigenvalue weighted by Crippen LogP contribution is -2.43. The molecule has 1 aromatic carbocycles. The minimum Gasteiger partial charge on any atom is -0.364 e. The standard InChI is InChI=1S/C23H29N9/c1-16(2)31-15-26-20-21(28-23(29-22(20)31)30-11-5-8-18(24)14-30)25-13-17-7-3-4-9-19(17)32-12-6-10-27-32/h3-4,6-7,9-10,12,15-16,18H,5,8,11,13-14,24H2,1-2H3,(H,25,28,29). The van der Waals surface area contributed by atoms with Crippen molar-refractivity contribution in [2.75, 3.05) is 23.3 Å².